The lowest BCUT2D eigenvalue weighted by atomic mass is 10.0. The molecular weight excluding hydrogens is 366 g/mol. The first kappa shape index (κ1) is 15.4. The van der Waals surface area contributed by atoms with Gasteiger partial charge < -0.3 is 5.32 Å². The predicted molar refractivity (Wildman–Crippen MR) is 88.2 cm³/mol. The van der Waals surface area contributed by atoms with E-state index in [1.165, 1.54) is 11.6 Å². The Morgan fingerprint density at radius 2 is 2.10 bits per heavy atom. The minimum absolute atomic E-state index is 0.141. The summed E-state index contributed by atoms with van der Waals surface area (Å²) in [7, 11) is 1.92. The molecular formula is C16H18FIN2. The SMILES string of the molecule is CCc1ccc(CC(NC)c2ccc(F)cc2I)nc1. The van der Waals surface area contributed by atoms with Crippen molar-refractivity contribution in [2.45, 2.75) is 25.8 Å². The molecule has 1 aromatic carbocycles. The molecule has 0 fully saturated rings. The predicted octanol–water partition coefficient (Wildman–Crippen LogP) is 3.89. The van der Waals surface area contributed by atoms with Crippen LogP contribution in [0.2, 0.25) is 0 Å². The molecule has 0 aliphatic heterocycles. The third kappa shape index (κ3) is 3.76. The highest BCUT2D eigenvalue weighted by molar-refractivity contribution is 14.1. The molecule has 0 aliphatic carbocycles. The van der Waals surface area contributed by atoms with Crippen molar-refractivity contribution in [3.63, 3.8) is 0 Å². The van der Waals surface area contributed by atoms with Gasteiger partial charge in [-0.05, 0) is 65.4 Å². The van der Waals surface area contributed by atoms with Crippen LogP contribution in [0.25, 0.3) is 0 Å². The number of nitrogens with one attached hydrogen (secondary N) is 1. The minimum Gasteiger partial charge on any atom is -0.313 e. The lowest BCUT2D eigenvalue weighted by Crippen LogP contribution is -2.20. The number of halogens is 2. The minimum atomic E-state index is -0.196. The fraction of sp³-hybridized carbons (Fsp3) is 0.312. The molecule has 0 spiro atoms. The van der Waals surface area contributed by atoms with Gasteiger partial charge in [-0.15, -0.1) is 0 Å². The van der Waals surface area contributed by atoms with Crippen LogP contribution in [0, 0.1) is 9.39 Å². The van der Waals surface area contributed by atoms with E-state index in [9.17, 15) is 4.39 Å². The van der Waals surface area contributed by atoms with Crippen molar-refractivity contribution in [1.29, 1.82) is 0 Å². The number of aryl methyl sites for hydroxylation is 1. The topological polar surface area (TPSA) is 24.9 Å². The summed E-state index contributed by atoms with van der Waals surface area (Å²) in [5.74, 6) is -0.196. The lowest BCUT2D eigenvalue weighted by Gasteiger charge is -2.18. The molecule has 2 aromatic rings. The number of likely N-dealkylation sites (N-methyl/N-ethyl adjacent to an activating group) is 1. The van der Waals surface area contributed by atoms with Gasteiger partial charge in [0, 0.05) is 27.9 Å². The number of aromatic nitrogens is 1. The summed E-state index contributed by atoms with van der Waals surface area (Å²) in [5, 5.41) is 3.29. The second-order valence-corrected chi connectivity index (χ2v) is 5.88. The van der Waals surface area contributed by atoms with Crippen LogP contribution >= 0.6 is 22.6 Å². The zero-order chi connectivity index (χ0) is 14.5. The third-order valence-corrected chi connectivity index (χ3v) is 4.33. The van der Waals surface area contributed by atoms with Crippen LogP contribution in [-0.4, -0.2) is 12.0 Å². The summed E-state index contributed by atoms with van der Waals surface area (Å²) in [6.45, 7) is 2.12. The fourth-order valence-corrected chi connectivity index (χ4v) is 3.00. The Bertz CT molecular complexity index is 569. The number of benzene rings is 1. The van der Waals surface area contributed by atoms with Gasteiger partial charge in [0.25, 0.3) is 0 Å². The average Bonchev–Trinajstić information content (AvgIpc) is 2.46. The van der Waals surface area contributed by atoms with Gasteiger partial charge in [0.1, 0.15) is 5.82 Å². The highest BCUT2D eigenvalue weighted by Gasteiger charge is 2.14. The second kappa shape index (κ2) is 7.13. The van der Waals surface area contributed by atoms with E-state index in [1.54, 1.807) is 6.07 Å². The van der Waals surface area contributed by atoms with Crippen molar-refractivity contribution >= 4 is 22.6 Å². The fourth-order valence-electron chi connectivity index (χ4n) is 2.15. The van der Waals surface area contributed by atoms with Gasteiger partial charge in [-0.25, -0.2) is 4.39 Å². The Hall–Kier alpha value is -1.01. The van der Waals surface area contributed by atoms with Crippen LogP contribution in [0.15, 0.2) is 36.5 Å². The van der Waals surface area contributed by atoms with E-state index in [1.807, 2.05) is 19.3 Å². The molecule has 0 amide bonds. The van der Waals surface area contributed by atoms with Crippen LogP contribution in [0.5, 0.6) is 0 Å². The Morgan fingerprint density at radius 1 is 1.30 bits per heavy atom. The van der Waals surface area contributed by atoms with Gasteiger partial charge in [0.15, 0.2) is 0 Å². The first-order valence-corrected chi connectivity index (χ1v) is 7.78. The van der Waals surface area contributed by atoms with Crippen LogP contribution in [0.4, 0.5) is 4.39 Å². The molecule has 0 bridgehead atoms. The monoisotopic (exact) mass is 384 g/mol. The number of pyridine rings is 1. The Labute approximate surface area is 133 Å². The molecule has 106 valence electrons. The Balaban J connectivity index is 2.19. The van der Waals surface area contributed by atoms with E-state index in [2.05, 4.69) is 51.9 Å². The quantitative estimate of drug-likeness (QED) is 0.792. The van der Waals surface area contributed by atoms with Crippen LogP contribution in [-0.2, 0) is 12.8 Å². The van der Waals surface area contributed by atoms with E-state index in [0.717, 1.165) is 27.7 Å². The molecule has 1 aromatic heterocycles. The van der Waals surface area contributed by atoms with Crippen molar-refractivity contribution < 1.29 is 4.39 Å². The second-order valence-electron chi connectivity index (χ2n) is 4.72. The normalized spacial score (nSPS) is 12.4. The van der Waals surface area contributed by atoms with Gasteiger partial charge in [0.05, 0.1) is 0 Å². The summed E-state index contributed by atoms with van der Waals surface area (Å²) >= 11 is 2.18. The standard InChI is InChI=1S/C16H18FIN2/c1-3-11-4-6-13(20-10-11)9-16(19-2)14-7-5-12(17)8-15(14)18/h4-8,10,16,19H,3,9H2,1-2H3. The summed E-state index contributed by atoms with van der Waals surface area (Å²) in [6.07, 6.45) is 3.72. The molecule has 0 radical (unpaired) electrons. The number of hydrogen-bond acceptors (Lipinski definition) is 2. The van der Waals surface area contributed by atoms with E-state index >= 15 is 0 Å². The summed E-state index contributed by atoms with van der Waals surface area (Å²) in [4.78, 5) is 4.49. The van der Waals surface area contributed by atoms with Gasteiger partial charge in [-0.2, -0.15) is 0 Å². The average molecular weight is 384 g/mol. The Kier molecular flexibility index (Phi) is 5.48. The Morgan fingerprint density at radius 3 is 2.65 bits per heavy atom. The number of hydrogen-bond donors (Lipinski definition) is 1. The molecule has 0 saturated carbocycles. The zero-order valence-corrected chi connectivity index (χ0v) is 13.8. The van der Waals surface area contributed by atoms with Crippen LogP contribution in [0.1, 0.15) is 29.8 Å². The smallest absolute Gasteiger partial charge is 0.124 e. The van der Waals surface area contributed by atoms with Crippen molar-refractivity contribution in [3.05, 3.63) is 62.7 Å². The van der Waals surface area contributed by atoms with E-state index < -0.39 is 0 Å². The third-order valence-electron chi connectivity index (χ3n) is 3.39. The van der Waals surface area contributed by atoms with Gasteiger partial charge in [-0.3, -0.25) is 4.98 Å². The summed E-state index contributed by atoms with van der Waals surface area (Å²) in [6, 6.07) is 9.24. The van der Waals surface area contributed by atoms with E-state index in [0.29, 0.717) is 0 Å². The maximum Gasteiger partial charge on any atom is 0.124 e. The lowest BCUT2D eigenvalue weighted by molar-refractivity contribution is 0.576. The van der Waals surface area contributed by atoms with Crippen molar-refractivity contribution in [2.24, 2.45) is 0 Å². The van der Waals surface area contributed by atoms with Gasteiger partial charge >= 0.3 is 0 Å². The number of nitrogens with zero attached hydrogens (tertiary/aromatic N) is 1. The molecule has 1 heterocycles. The largest absolute Gasteiger partial charge is 0.313 e. The molecule has 1 N–H and O–H groups in total. The first-order chi connectivity index (χ1) is 9.63. The van der Waals surface area contributed by atoms with Crippen LogP contribution < -0.4 is 5.32 Å². The number of rotatable bonds is 5. The molecule has 0 aliphatic rings. The molecule has 20 heavy (non-hydrogen) atoms. The van der Waals surface area contributed by atoms with Gasteiger partial charge in [-0.1, -0.05) is 19.1 Å². The maximum absolute atomic E-state index is 13.2. The van der Waals surface area contributed by atoms with Crippen LogP contribution in [0.3, 0.4) is 0 Å². The maximum atomic E-state index is 13.2. The molecule has 4 heteroatoms. The van der Waals surface area contributed by atoms with Crippen molar-refractivity contribution in [2.75, 3.05) is 7.05 Å². The summed E-state index contributed by atoms with van der Waals surface area (Å²) < 4.78 is 14.1. The summed E-state index contributed by atoms with van der Waals surface area (Å²) in [5.41, 5.74) is 3.39. The molecule has 0 saturated heterocycles. The molecule has 1 unspecified atom stereocenters. The molecule has 2 nitrogen and oxygen atoms in total. The van der Waals surface area contributed by atoms with Gasteiger partial charge in [0.2, 0.25) is 0 Å². The van der Waals surface area contributed by atoms with Crippen molar-refractivity contribution in [3.8, 4) is 0 Å². The highest BCUT2D eigenvalue weighted by Crippen LogP contribution is 2.23. The van der Waals surface area contributed by atoms with Crippen molar-refractivity contribution in [1.82, 2.24) is 10.3 Å². The van der Waals surface area contributed by atoms with E-state index in [-0.39, 0.29) is 11.9 Å². The first-order valence-electron chi connectivity index (χ1n) is 6.70. The molecule has 1 atom stereocenters. The zero-order valence-electron chi connectivity index (χ0n) is 11.7. The van der Waals surface area contributed by atoms with E-state index in [4.69, 9.17) is 0 Å². The molecule has 2 rings (SSSR count). The highest BCUT2D eigenvalue weighted by atomic mass is 127.